The molecule has 36 heavy (non-hydrogen) atoms. The van der Waals surface area contributed by atoms with Gasteiger partial charge in [0.1, 0.15) is 22.7 Å². The summed E-state index contributed by atoms with van der Waals surface area (Å²) in [6.07, 6.45) is 1.16. The Kier molecular flexibility index (Phi) is 8.49. The Balaban J connectivity index is 1.94. The second kappa shape index (κ2) is 11.2. The molecule has 0 unspecified atom stereocenters. The molecule has 0 amide bonds. The van der Waals surface area contributed by atoms with Gasteiger partial charge in [0.05, 0.1) is 26.1 Å². The molecule has 0 aromatic heterocycles. The first kappa shape index (κ1) is 27.3. The normalized spacial score (nSPS) is 12.0. The third-order valence-electron chi connectivity index (χ3n) is 5.34. The van der Waals surface area contributed by atoms with Gasteiger partial charge in [-0.25, -0.2) is 0 Å². The van der Waals surface area contributed by atoms with Gasteiger partial charge in [-0.15, -0.1) is 0 Å². The van der Waals surface area contributed by atoms with Gasteiger partial charge in [0.25, 0.3) is 0 Å². The minimum absolute atomic E-state index is 0.147. The van der Waals surface area contributed by atoms with Crippen LogP contribution in [0.3, 0.4) is 0 Å². The van der Waals surface area contributed by atoms with Crippen LogP contribution in [0.15, 0.2) is 42.5 Å². The second-order valence-corrected chi connectivity index (χ2v) is 10.8. The van der Waals surface area contributed by atoms with Crippen LogP contribution >= 0.6 is 0 Å². The third kappa shape index (κ3) is 7.36. The molecule has 0 fully saturated rings. The lowest BCUT2D eigenvalue weighted by atomic mass is 9.98. The Hall–Kier alpha value is -3.28. The van der Waals surface area contributed by atoms with Crippen LogP contribution < -0.4 is 9.47 Å². The van der Waals surface area contributed by atoms with Crippen molar-refractivity contribution >= 4 is 33.5 Å². The highest BCUT2D eigenvalue weighted by Gasteiger charge is 2.20. The third-order valence-corrected chi connectivity index (χ3v) is 5.34. The Morgan fingerprint density at radius 2 is 1.11 bits per heavy atom. The van der Waals surface area contributed by atoms with Gasteiger partial charge >= 0.3 is 11.9 Å². The maximum absolute atomic E-state index is 12.2. The maximum Gasteiger partial charge on any atom is 0.309 e. The fraction of sp³-hybridized carbons (Fsp3) is 0.467. The molecular weight excluding hydrogens is 456 g/mol. The molecule has 3 rings (SSSR count). The predicted molar refractivity (Wildman–Crippen MR) is 143 cm³/mol. The quantitative estimate of drug-likeness (QED) is 0.241. The van der Waals surface area contributed by atoms with E-state index in [1.807, 2.05) is 71.9 Å². The standard InChI is InChI=1S/C30H38O6/c1-8-20-13-14-23-24(19-20)28(34-18-16-26(32)36-30(5,6)7)22-12-10-9-11-21(22)27(23)33-17-15-25(31)35-29(2,3)4/h9-14,19H,8,15-18H2,1-7H3. The highest BCUT2D eigenvalue weighted by atomic mass is 16.6. The van der Waals surface area contributed by atoms with E-state index in [1.165, 1.54) is 0 Å². The zero-order chi connectivity index (χ0) is 26.5. The zero-order valence-corrected chi connectivity index (χ0v) is 22.5. The van der Waals surface area contributed by atoms with Crippen LogP contribution in [0.5, 0.6) is 11.5 Å². The number of carbonyl (C=O) groups is 2. The summed E-state index contributed by atoms with van der Waals surface area (Å²) in [5, 5.41) is 3.56. The van der Waals surface area contributed by atoms with Crippen molar-refractivity contribution in [2.75, 3.05) is 13.2 Å². The molecule has 0 aliphatic heterocycles. The van der Waals surface area contributed by atoms with Gasteiger partial charge in [0.15, 0.2) is 0 Å². The molecule has 6 heteroatoms. The monoisotopic (exact) mass is 494 g/mol. The average molecular weight is 495 g/mol. The van der Waals surface area contributed by atoms with E-state index < -0.39 is 11.2 Å². The minimum Gasteiger partial charge on any atom is -0.492 e. The average Bonchev–Trinajstić information content (AvgIpc) is 2.77. The number of aryl methyl sites for hydroxylation is 1. The number of carbonyl (C=O) groups excluding carboxylic acids is 2. The fourth-order valence-electron chi connectivity index (χ4n) is 3.94. The van der Waals surface area contributed by atoms with Crippen molar-refractivity contribution in [2.24, 2.45) is 0 Å². The van der Waals surface area contributed by atoms with Crippen LogP contribution in [0.2, 0.25) is 0 Å². The summed E-state index contributed by atoms with van der Waals surface area (Å²) in [4.78, 5) is 24.4. The zero-order valence-electron chi connectivity index (χ0n) is 22.5. The van der Waals surface area contributed by atoms with Gasteiger partial charge in [-0.2, -0.15) is 0 Å². The van der Waals surface area contributed by atoms with Gasteiger partial charge < -0.3 is 18.9 Å². The van der Waals surface area contributed by atoms with Crippen LogP contribution in [0.4, 0.5) is 0 Å². The first-order valence-electron chi connectivity index (χ1n) is 12.5. The van der Waals surface area contributed by atoms with Crippen molar-refractivity contribution in [3.05, 3.63) is 48.0 Å². The Morgan fingerprint density at radius 3 is 1.56 bits per heavy atom. The summed E-state index contributed by atoms with van der Waals surface area (Å²) in [5.74, 6) is 0.809. The van der Waals surface area contributed by atoms with Gasteiger partial charge in [-0.1, -0.05) is 43.3 Å². The van der Waals surface area contributed by atoms with Crippen molar-refractivity contribution in [1.29, 1.82) is 0 Å². The van der Waals surface area contributed by atoms with Gasteiger partial charge in [0.2, 0.25) is 0 Å². The van der Waals surface area contributed by atoms with Crippen LogP contribution in [-0.4, -0.2) is 36.4 Å². The van der Waals surface area contributed by atoms with Crippen LogP contribution in [-0.2, 0) is 25.5 Å². The van der Waals surface area contributed by atoms with Crippen molar-refractivity contribution in [3.63, 3.8) is 0 Å². The molecule has 0 radical (unpaired) electrons. The van der Waals surface area contributed by atoms with E-state index in [4.69, 9.17) is 18.9 Å². The molecule has 3 aromatic carbocycles. The van der Waals surface area contributed by atoms with E-state index in [1.54, 1.807) is 0 Å². The van der Waals surface area contributed by atoms with Gasteiger partial charge in [0, 0.05) is 21.5 Å². The maximum atomic E-state index is 12.2. The van der Waals surface area contributed by atoms with Gasteiger partial charge in [-0.05, 0) is 59.6 Å². The number of hydrogen-bond acceptors (Lipinski definition) is 6. The van der Waals surface area contributed by atoms with Crippen LogP contribution in [0, 0.1) is 0 Å². The summed E-state index contributed by atoms with van der Waals surface area (Å²) >= 11 is 0. The number of rotatable bonds is 9. The summed E-state index contributed by atoms with van der Waals surface area (Å²) in [5.41, 5.74) is 0.0883. The number of benzene rings is 3. The molecule has 0 bridgehead atoms. The largest absolute Gasteiger partial charge is 0.492 e. The lowest BCUT2D eigenvalue weighted by Crippen LogP contribution is -2.25. The molecule has 0 atom stereocenters. The molecular formula is C30H38O6. The second-order valence-electron chi connectivity index (χ2n) is 10.8. The van der Waals surface area contributed by atoms with Crippen molar-refractivity contribution < 1.29 is 28.5 Å². The van der Waals surface area contributed by atoms with Gasteiger partial charge in [-0.3, -0.25) is 9.59 Å². The number of hydrogen-bond donors (Lipinski definition) is 0. The number of esters is 2. The highest BCUT2D eigenvalue weighted by molar-refractivity contribution is 6.11. The Labute approximate surface area is 213 Å². The smallest absolute Gasteiger partial charge is 0.309 e. The molecule has 0 aliphatic carbocycles. The van der Waals surface area contributed by atoms with E-state index in [0.717, 1.165) is 33.5 Å². The summed E-state index contributed by atoms with van der Waals surface area (Å²) < 4.78 is 23.3. The minimum atomic E-state index is -0.537. The number of fused-ring (bicyclic) bond motifs is 2. The molecule has 0 saturated carbocycles. The summed E-state index contributed by atoms with van der Waals surface area (Å²) in [6, 6.07) is 14.1. The topological polar surface area (TPSA) is 71.1 Å². The SMILES string of the molecule is CCc1ccc2c(OCCC(=O)OC(C)(C)C)c3ccccc3c(OCCC(=O)OC(C)(C)C)c2c1. The first-order chi connectivity index (χ1) is 16.9. The van der Waals surface area contributed by atoms with Crippen LogP contribution in [0.1, 0.15) is 66.9 Å². The number of ether oxygens (including phenoxy) is 4. The van der Waals surface area contributed by atoms with E-state index in [0.29, 0.717) is 11.5 Å². The molecule has 0 N–H and O–H groups in total. The van der Waals surface area contributed by atoms with E-state index >= 15 is 0 Å². The van der Waals surface area contributed by atoms with Crippen molar-refractivity contribution in [3.8, 4) is 11.5 Å². The molecule has 6 nitrogen and oxygen atoms in total. The highest BCUT2D eigenvalue weighted by Crippen LogP contribution is 2.43. The molecule has 0 heterocycles. The van der Waals surface area contributed by atoms with Crippen molar-refractivity contribution in [1.82, 2.24) is 0 Å². The van der Waals surface area contributed by atoms with E-state index in [9.17, 15) is 9.59 Å². The Bertz CT molecular complexity index is 1230. The van der Waals surface area contributed by atoms with E-state index in [-0.39, 0.29) is 38.0 Å². The lowest BCUT2D eigenvalue weighted by Gasteiger charge is -2.21. The molecule has 0 aliphatic rings. The summed E-state index contributed by atoms with van der Waals surface area (Å²) in [7, 11) is 0. The first-order valence-corrected chi connectivity index (χ1v) is 12.5. The molecule has 0 spiro atoms. The van der Waals surface area contributed by atoms with Crippen molar-refractivity contribution in [2.45, 2.75) is 78.9 Å². The molecule has 3 aromatic rings. The fourth-order valence-corrected chi connectivity index (χ4v) is 3.94. The summed E-state index contributed by atoms with van der Waals surface area (Å²) in [6.45, 7) is 13.6. The van der Waals surface area contributed by atoms with Crippen LogP contribution in [0.25, 0.3) is 21.5 Å². The lowest BCUT2D eigenvalue weighted by molar-refractivity contribution is -0.156. The van der Waals surface area contributed by atoms with E-state index in [2.05, 4.69) is 19.1 Å². The predicted octanol–water partition coefficient (Wildman–Crippen LogP) is 6.78. The Morgan fingerprint density at radius 1 is 0.667 bits per heavy atom. The molecule has 0 saturated heterocycles. The molecule has 194 valence electrons.